The summed E-state index contributed by atoms with van der Waals surface area (Å²) in [4.78, 5) is 30.2. The summed E-state index contributed by atoms with van der Waals surface area (Å²) in [5, 5.41) is 4.03. The summed E-state index contributed by atoms with van der Waals surface area (Å²) in [6, 6.07) is 15.5. The Balaban J connectivity index is 1.34. The molecule has 2 heterocycles. The molecule has 2 aromatic carbocycles. The molecule has 6 nitrogen and oxygen atoms in total. The van der Waals surface area contributed by atoms with Gasteiger partial charge in [-0.15, -0.1) is 0 Å². The lowest BCUT2D eigenvalue weighted by Crippen LogP contribution is -2.40. The fourth-order valence-corrected chi connectivity index (χ4v) is 4.65. The van der Waals surface area contributed by atoms with Crippen LogP contribution in [0.1, 0.15) is 11.1 Å². The van der Waals surface area contributed by atoms with E-state index in [-0.39, 0.29) is 18.4 Å². The molecule has 2 N–H and O–H groups in total. The van der Waals surface area contributed by atoms with E-state index in [1.54, 1.807) is 13.2 Å². The third-order valence-electron chi connectivity index (χ3n) is 4.96. The lowest BCUT2D eigenvalue weighted by atomic mass is 10.1. The number of thiocarbonyl (C=S) groups is 1. The minimum absolute atomic E-state index is 0.0893. The van der Waals surface area contributed by atoms with E-state index in [9.17, 15) is 9.59 Å². The van der Waals surface area contributed by atoms with Gasteiger partial charge in [0.05, 0.1) is 12.0 Å². The summed E-state index contributed by atoms with van der Waals surface area (Å²) in [7, 11) is 1.59. The zero-order valence-corrected chi connectivity index (χ0v) is 18.5. The van der Waals surface area contributed by atoms with Crippen molar-refractivity contribution in [1.82, 2.24) is 15.2 Å². The van der Waals surface area contributed by atoms with Crippen LogP contribution >= 0.6 is 24.0 Å². The van der Waals surface area contributed by atoms with Gasteiger partial charge in [-0.2, -0.15) is 0 Å². The number of H-pyrrole nitrogens is 1. The van der Waals surface area contributed by atoms with Crippen LogP contribution in [0.25, 0.3) is 17.0 Å². The Kier molecular flexibility index (Phi) is 6.39. The lowest BCUT2D eigenvalue weighted by Gasteiger charge is -2.14. The Hall–Kier alpha value is -3.10. The van der Waals surface area contributed by atoms with Crippen LogP contribution in [-0.2, 0) is 16.0 Å². The topological polar surface area (TPSA) is 74.4 Å². The number of aromatic nitrogens is 1. The quantitative estimate of drug-likeness (QED) is 0.423. The van der Waals surface area contributed by atoms with Crippen molar-refractivity contribution in [2.24, 2.45) is 0 Å². The molecule has 0 atom stereocenters. The van der Waals surface area contributed by atoms with Gasteiger partial charge in [-0.25, -0.2) is 0 Å². The maximum Gasteiger partial charge on any atom is 0.266 e. The first-order chi connectivity index (χ1) is 15.0. The number of benzene rings is 2. The van der Waals surface area contributed by atoms with Gasteiger partial charge in [0, 0.05) is 23.6 Å². The van der Waals surface area contributed by atoms with Crippen molar-refractivity contribution in [3.8, 4) is 5.75 Å². The number of ether oxygens (including phenoxy) is 1. The molecular weight excluding hydrogens is 430 g/mol. The fraction of sp³-hybridized carbons (Fsp3) is 0.174. The van der Waals surface area contributed by atoms with Crippen molar-refractivity contribution in [2.45, 2.75) is 6.42 Å². The van der Waals surface area contributed by atoms with Gasteiger partial charge in [0.1, 0.15) is 16.6 Å². The standard InChI is InChI=1S/C23H21N3O3S2/c1-29-17-6-4-5-15(11-17)12-20-22(28)26(23(30)31-20)14-21(27)24-10-9-16-13-25-19-8-3-2-7-18(16)19/h2-8,11-13,25H,9-10,14H2,1H3,(H,24,27)/b20-12-. The average molecular weight is 452 g/mol. The summed E-state index contributed by atoms with van der Waals surface area (Å²) in [6.45, 7) is 0.392. The number of rotatable bonds is 7. The minimum atomic E-state index is -0.260. The van der Waals surface area contributed by atoms with Gasteiger partial charge in [-0.05, 0) is 41.8 Å². The average Bonchev–Trinajstić information content (AvgIpc) is 3.30. The monoisotopic (exact) mass is 451 g/mol. The first kappa shape index (κ1) is 21.1. The predicted molar refractivity (Wildman–Crippen MR) is 128 cm³/mol. The Morgan fingerprint density at radius 3 is 2.94 bits per heavy atom. The molecule has 0 bridgehead atoms. The number of fused-ring (bicyclic) bond motifs is 1. The second-order valence-corrected chi connectivity index (χ2v) is 8.68. The Bertz CT molecular complexity index is 1190. The number of nitrogens with zero attached hydrogens (tertiary/aromatic N) is 1. The molecular formula is C23H21N3O3S2. The maximum atomic E-state index is 12.8. The molecule has 1 aromatic heterocycles. The number of thioether (sulfide) groups is 1. The third-order valence-corrected chi connectivity index (χ3v) is 6.34. The Labute approximate surface area is 189 Å². The van der Waals surface area contributed by atoms with E-state index >= 15 is 0 Å². The van der Waals surface area contributed by atoms with E-state index in [1.165, 1.54) is 16.7 Å². The lowest BCUT2D eigenvalue weighted by molar-refractivity contribution is -0.128. The highest BCUT2D eigenvalue weighted by atomic mass is 32.2. The van der Waals surface area contributed by atoms with E-state index < -0.39 is 0 Å². The van der Waals surface area contributed by atoms with Crippen molar-refractivity contribution < 1.29 is 14.3 Å². The van der Waals surface area contributed by atoms with Crippen LogP contribution < -0.4 is 10.1 Å². The molecule has 0 saturated carbocycles. The molecule has 1 aliphatic rings. The summed E-state index contributed by atoms with van der Waals surface area (Å²) in [5.74, 6) is 0.210. The van der Waals surface area contributed by atoms with Gasteiger partial charge in [-0.1, -0.05) is 54.3 Å². The van der Waals surface area contributed by atoms with E-state index in [4.69, 9.17) is 17.0 Å². The van der Waals surface area contributed by atoms with Crippen molar-refractivity contribution in [3.05, 3.63) is 70.8 Å². The van der Waals surface area contributed by atoms with E-state index in [0.29, 0.717) is 27.9 Å². The van der Waals surface area contributed by atoms with Crippen LogP contribution in [0.2, 0.25) is 0 Å². The number of methoxy groups -OCH3 is 1. The summed E-state index contributed by atoms with van der Waals surface area (Å²) < 4.78 is 5.60. The molecule has 0 aliphatic carbocycles. The van der Waals surface area contributed by atoms with E-state index in [1.807, 2.05) is 48.7 Å². The number of nitrogens with one attached hydrogen (secondary N) is 2. The largest absolute Gasteiger partial charge is 0.497 e. The van der Waals surface area contributed by atoms with Gasteiger partial charge in [-0.3, -0.25) is 14.5 Å². The number of carbonyl (C=O) groups excluding carboxylic acids is 2. The van der Waals surface area contributed by atoms with Gasteiger partial charge in [0.15, 0.2) is 0 Å². The smallest absolute Gasteiger partial charge is 0.266 e. The maximum absolute atomic E-state index is 12.8. The molecule has 0 unspecified atom stereocenters. The van der Waals surface area contributed by atoms with Crippen LogP contribution in [0.15, 0.2) is 59.6 Å². The summed E-state index contributed by atoms with van der Waals surface area (Å²) in [5.41, 5.74) is 3.05. The highest BCUT2D eigenvalue weighted by Gasteiger charge is 2.33. The van der Waals surface area contributed by atoms with Crippen LogP contribution in [-0.4, -0.2) is 46.2 Å². The first-order valence-corrected chi connectivity index (χ1v) is 11.0. The number of amides is 2. The summed E-state index contributed by atoms with van der Waals surface area (Å²) >= 11 is 6.53. The summed E-state index contributed by atoms with van der Waals surface area (Å²) in [6.07, 6.45) is 4.42. The molecule has 1 aliphatic heterocycles. The highest BCUT2D eigenvalue weighted by Crippen LogP contribution is 2.32. The van der Waals surface area contributed by atoms with Gasteiger partial charge in [0.25, 0.3) is 5.91 Å². The van der Waals surface area contributed by atoms with Crippen molar-refractivity contribution in [2.75, 3.05) is 20.2 Å². The van der Waals surface area contributed by atoms with Gasteiger partial charge < -0.3 is 15.0 Å². The number of carbonyl (C=O) groups is 2. The van der Waals surface area contributed by atoms with Crippen molar-refractivity contribution in [3.63, 3.8) is 0 Å². The highest BCUT2D eigenvalue weighted by molar-refractivity contribution is 8.26. The molecule has 3 aromatic rings. The molecule has 2 amide bonds. The van der Waals surface area contributed by atoms with Gasteiger partial charge >= 0.3 is 0 Å². The van der Waals surface area contributed by atoms with Crippen LogP contribution in [0.5, 0.6) is 5.75 Å². The van der Waals surface area contributed by atoms with Crippen LogP contribution in [0, 0.1) is 0 Å². The van der Waals surface area contributed by atoms with E-state index in [2.05, 4.69) is 16.4 Å². The Morgan fingerprint density at radius 2 is 2.10 bits per heavy atom. The van der Waals surface area contributed by atoms with Crippen molar-refractivity contribution in [1.29, 1.82) is 0 Å². The second-order valence-electron chi connectivity index (χ2n) is 7.00. The van der Waals surface area contributed by atoms with Gasteiger partial charge in [0.2, 0.25) is 5.91 Å². The fourth-order valence-electron chi connectivity index (χ4n) is 3.39. The third kappa shape index (κ3) is 4.81. The number of aromatic amines is 1. The zero-order chi connectivity index (χ0) is 21.8. The molecule has 31 heavy (non-hydrogen) atoms. The zero-order valence-electron chi connectivity index (χ0n) is 16.9. The predicted octanol–water partition coefficient (Wildman–Crippen LogP) is 3.74. The SMILES string of the molecule is COc1cccc(/C=C2\SC(=S)N(CC(=O)NCCc3c[nH]c4ccccc34)C2=O)c1. The molecule has 4 rings (SSSR count). The minimum Gasteiger partial charge on any atom is -0.497 e. The van der Waals surface area contributed by atoms with Crippen molar-refractivity contribution >= 4 is 57.1 Å². The second kappa shape index (κ2) is 9.36. The molecule has 0 radical (unpaired) electrons. The molecule has 8 heteroatoms. The molecule has 158 valence electrons. The number of hydrogen-bond acceptors (Lipinski definition) is 5. The first-order valence-electron chi connectivity index (χ1n) is 9.76. The van der Waals surface area contributed by atoms with E-state index in [0.717, 1.165) is 22.0 Å². The normalized spacial score (nSPS) is 15.1. The molecule has 0 spiro atoms. The van der Waals surface area contributed by atoms with Crippen LogP contribution in [0.3, 0.4) is 0 Å². The molecule has 1 fully saturated rings. The Morgan fingerprint density at radius 1 is 1.26 bits per heavy atom. The number of hydrogen-bond donors (Lipinski definition) is 2. The molecule has 1 saturated heterocycles. The van der Waals surface area contributed by atoms with Crippen LogP contribution in [0.4, 0.5) is 0 Å². The number of para-hydroxylation sites is 1.